The van der Waals surface area contributed by atoms with Crippen LogP contribution in [0.1, 0.15) is 0 Å². The Morgan fingerprint density at radius 2 is 1.00 bits per heavy atom. The average molecular weight is 161 g/mol. The van der Waals surface area contributed by atoms with Gasteiger partial charge in [-0.1, -0.05) is 0 Å². The maximum atomic E-state index is 0. The molecule has 0 fully saturated rings. The zero-order chi connectivity index (χ0) is 0. The zero-order valence-corrected chi connectivity index (χ0v) is 4.62. The summed E-state index contributed by atoms with van der Waals surface area (Å²) < 4.78 is 0. The molecule has 4 heavy (non-hydrogen) atoms. The predicted molar refractivity (Wildman–Crippen MR) is 11.5 cm³/mol. The molecule has 0 aliphatic heterocycles. The van der Waals surface area contributed by atoms with Crippen LogP contribution in [0, 0.1) is 0 Å². The van der Waals surface area contributed by atoms with Crippen LogP contribution in [-0.4, -0.2) is 19.4 Å². The fourth-order valence-electron chi connectivity index (χ4n) is 0. The Morgan fingerprint density at radius 3 is 1.00 bits per heavy atom. The molecule has 0 atom stereocenters. The van der Waals surface area contributed by atoms with E-state index in [0.29, 0.717) is 0 Å². The summed E-state index contributed by atoms with van der Waals surface area (Å²) in [4.78, 5) is 0. The van der Waals surface area contributed by atoms with Gasteiger partial charge in [0, 0.05) is 52.9 Å². The molecule has 0 unspecified atom stereocenters. The van der Waals surface area contributed by atoms with Crippen molar-refractivity contribution in [3.63, 3.8) is 0 Å². The molecule has 0 aliphatic rings. The number of rotatable bonds is 0. The van der Waals surface area contributed by atoms with Gasteiger partial charge in [0.2, 0.25) is 0 Å². The standard InChI is InChI=1S/B.Cu.Ni.Si. The first-order valence-electron chi connectivity index (χ1n) is 0. The van der Waals surface area contributed by atoms with Crippen LogP contribution in [0.3, 0.4) is 0 Å². The Labute approximate surface area is 53.1 Å². The van der Waals surface area contributed by atoms with E-state index in [9.17, 15) is 0 Å². The summed E-state index contributed by atoms with van der Waals surface area (Å²) in [6.07, 6.45) is 0. The van der Waals surface area contributed by atoms with Gasteiger partial charge in [0.25, 0.3) is 0 Å². The molecule has 0 N–H and O–H groups in total. The van der Waals surface area contributed by atoms with Crippen molar-refractivity contribution >= 4 is 19.4 Å². The maximum Gasteiger partial charge on any atom is 0 e. The van der Waals surface area contributed by atoms with E-state index in [1.807, 2.05) is 0 Å². The van der Waals surface area contributed by atoms with Crippen molar-refractivity contribution in [2.24, 2.45) is 0 Å². The monoisotopic (exact) mass is 160 g/mol. The molecule has 0 heterocycles. The van der Waals surface area contributed by atoms with Crippen molar-refractivity contribution in [3.05, 3.63) is 0 Å². The minimum absolute atomic E-state index is 0. The van der Waals surface area contributed by atoms with Gasteiger partial charge in [-0.15, -0.1) is 0 Å². The van der Waals surface area contributed by atoms with Crippen LogP contribution in [0.15, 0.2) is 0 Å². The van der Waals surface area contributed by atoms with Crippen molar-refractivity contribution in [2.75, 3.05) is 0 Å². The third-order valence-electron chi connectivity index (χ3n) is 0. The molecule has 0 saturated carbocycles. The molecule has 0 nitrogen and oxygen atoms in total. The van der Waals surface area contributed by atoms with Crippen LogP contribution in [0.2, 0.25) is 0 Å². The van der Waals surface area contributed by atoms with Gasteiger partial charge in [-0.05, 0) is 0 Å². The van der Waals surface area contributed by atoms with E-state index >= 15 is 0 Å². The van der Waals surface area contributed by atoms with E-state index in [2.05, 4.69) is 0 Å². The fourth-order valence-corrected chi connectivity index (χ4v) is 0. The summed E-state index contributed by atoms with van der Waals surface area (Å²) in [7, 11) is 0. The Hall–Kier alpha value is 1.29. The normalized spacial score (nSPS) is 0. The van der Waals surface area contributed by atoms with Crippen molar-refractivity contribution in [3.8, 4) is 0 Å². The first-order valence-corrected chi connectivity index (χ1v) is 0. The van der Waals surface area contributed by atoms with E-state index in [0.717, 1.165) is 0 Å². The molecular formula is BCuNiSi. The molecule has 0 aromatic carbocycles. The second-order valence-corrected chi connectivity index (χ2v) is 0. The molecular weight excluding hydrogens is 161 g/mol. The van der Waals surface area contributed by atoms with E-state index in [1.165, 1.54) is 0 Å². The van der Waals surface area contributed by atoms with Crippen molar-refractivity contribution in [1.82, 2.24) is 0 Å². The molecule has 0 amide bonds. The number of hydrogen-bond acceptors (Lipinski definition) is 0. The molecule has 0 saturated heterocycles. The van der Waals surface area contributed by atoms with Gasteiger partial charge in [-0.2, -0.15) is 0 Å². The second-order valence-electron chi connectivity index (χ2n) is 0. The summed E-state index contributed by atoms with van der Waals surface area (Å²) in [6.45, 7) is 0. The van der Waals surface area contributed by atoms with Gasteiger partial charge in [0.05, 0.1) is 0 Å². The molecule has 0 aliphatic carbocycles. The smallest absolute Gasteiger partial charge is 0 e. The van der Waals surface area contributed by atoms with Gasteiger partial charge < -0.3 is 0 Å². The number of hydrogen-bond donors (Lipinski definition) is 0. The quantitative estimate of drug-likeness (QED) is 0.409. The van der Waals surface area contributed by atoms with E-state index < -0.39 is 0 Å². The van der Waals surface area contributed by atoms with Gasteiger partial charge in [-0.25, -0.2) is 0 Å². The largest absolute Gasteiger partial charge is 0 e. The third kappa shape index (κ3) is 10.3. The second kappa shape index (κ2) is 27.8. The van der Waals surface area contributed by atoms with Gasteiger partial charge in [0.1, 0.15) is 0 Å². The molecule has 0 aromatic heterocycles. The summed E-state index contributed by atoms with van der Waals surface area (Å²) >= 11 is 0. The predicted octanol–water partition coefficient (Wildman–Crippen LogP) is -0.767. The Bertz CT molecular complexity index is 8.00. The molecule has 4 heteroatoms. The summed E-state index contributed by atoms with van der Waals surface area (Å²) in [5, 5.41) is 0. The van der Waals surface area contributed by atoms with Crippen molar-refractivity contribution < 1.29 is 33.6 Å². The van der Waals surface area contributed by atoms with Gasteiger partial charge in [-0.3, -0.25) is 0 Å². The van der Waals surface area contributed by atoms with Crippen LogP contribution >= 0.6 is 0 Å². The molecule has 0 spiro atoms. The van der Waals surface area contributed by atoms with Gasteiger partial charge in [0.15, 0.2) is 0 Å². The summed E-state index contributed by atoms with van der Waals surface area (Å²) in [6, 6.07) is 0. The zero-order valence-electron chi connectivity index (χ0n) is 1.70. The molecule has 0 rings (SSSR count). The molecule has 28 valence electrons. The topological polar surface area (TPSA) is 0 Å². The minimum Gasteiger partial charge on any atom is 0 e. The van der Waals surface area contributed by atoms with Gasteiger partial charge >= 0.3 is 0 Å². The molecule has 0 bridgehead atoms. The van der Waals surface area contributed by atoms with E-state index in [-0.39, 0.29) is 52.9 Å². The van der Waals surface area contributed by atoms with Crippen molar-refractivity contribution in [1.29, 1.82) is 0 Å². The van der Waals surface area contributed by atoms with Crippen LogP contribution in [0.25, 0.3) is 0 Å². The Balaban J connectivity index is 0. The van der Waals surface area contributed by atoms with Crippen LogP contribution in [0.5, 0.6) is 0 Å². The minimum atomic E-state index is 0. The third-order valence-corrected chi connectivity index (χ3v) is 0. The maximum absolute atomic E-state index is 0. The SMILES string of the molecule is [B].[Cu].[Ni].[Si]. The summed E-state index contributed by atoms with van der Waals surface area (Å²) in [5.41, 5.74) is 0. The van der Waals surface area contributed by atoms with Crippen LogP contribution in [-0.2, 0) is 33.6 Å². The average Bonchev–Trinajstić information content (AvgIpc) is 0. The molecule has 8 radical (unpaired) electrons. The Morgan fingerprint density at radius 1 is 1.00 bits per heavy atom. The first-order chi connectivity index (χ1) is 0. The van der Waals surface area contributed by atoms with Crippen LogP contribution in [0.4, 0.5) is 0 Å². The van der Waals surface area contributed by atoms with Crippen LogP contribution < -0.4 is 0 Å². The van der Waals surface area contributed by atoms with E-state index in [1.54, 1.807) is 0 Å². The van der Waals surface area contributed by atoms with E-state index in [4.69, 9.17) is 0 Å². The Kier molecular flexibility index (Phi) is 405. The first kappa shape index (κ1) is 58.3. The molecule has 0 aromatic rings. The van der Waals surface area contributed by atoms with Crippen molar-refractivity contribution in [2.45, 2.75) is 0 Å². The fraction of sp³-hybridized carbons (Fsp3) is 0. The summed E-state index contributed by atoms with van der Waals surface area (Å²) in [5.74, 6) is 0.